The van der Waals surface area contributed by atoms with Crippen LogP contribution in [-0.4, -0.2) is 20.1 Å². The molecule has 0 aliphatic rings. The average molecular weight is 1310 g/mol. The van der Waals surface area contributed by atoms with E-state index in [4.69, 9.17) is 7.38 Å². The molecule has 0 atom stereocenters. The van der Waals surface area contributed by atoms with Gasteiger partial charge in [-0.05, 0) is 0 Å². The van der Waals surface area contributed by atoms with Crippen molar-refractivity contribution in [2.24, 2.45) is 0 Å². The molecule has 86 heavy (non-hydrogen) atoms. The van der Waals surface area contributed by atoms with Gasteiger partial charge in [-0.1, -0.05) is 0 Å². The molecule has 0 spiro atoms. The van der Waals surface area contributed by atoms with Crippen LogP contribution in [0.4, 0.5) is 0 Å². The van der Waals surface area contributed by atoms with E-state index in [1.807, 2.05) is 0 Å². The summed E-state index contributed by atoms with van der Waals surface area (Å²) in [4.78, 5) is 8.29. The third-order valence-electron chi connectivity index (χ3n) is 16.8. The molecule has 8 heteroatoms. The van der Waals surface area contributed by atoms with Crippen LogP contribution < -0.4 is 0 Å². The molecule has 0 amide bonds. The maximum absolute atomic E-state index is 19.3. The van der Waals surface area contributed by atoms with E-state index in [2.05, 4.69) is 281 Å². The van der Waals surface area contributed by atoms with Gasteiger partial charge in [0.05, 0.1) is 0 Å². The Morgan fingerprint density at radius 3 is 0.500 bits per heavy atom. The van der Waals surface area contributed by atoms with Gasteiger partial charge in [0.15, 0.2) is 0 Å². The van der Waals surface area contributed by atoms with Crippen molar-refractivity contribution in [3.05, 3.63) is 268 Å². The number of benzene rings is 9. The summed E-state index contributed by atoms with van der Waals surface area (Å²) in [5, 5.41) is 0. The normalized spacial score (nSPS) is 12.8. The molecule has 9 aromatic carbocycles. The molecule has 0 bridgehead atoms. The van der Waals surface area contributed by atoms with Gasteiger partial charge in [0.25, 0.3) is 0 Å². The number of hydrogen-bond acceptors (Lipinski definition) is 4. The first kappa shape index (κ1) is 65.0. The predicted octanol–water partition coefficient (Wildman–Crippen LogP) is 23.0. The Bertz CT molecular complexity index is 3040. The van der Waals surface area contributed by atoms with Crippen molar-refractivity contribution in [1.82, 2.24) is 0 Å². The second kappa shape index (κ2) is 30.6. The van der Waals surface area contributed by atoms with E-state index in [9.17, 15) is 0 Å². The van der Waals surface area contributed by atoms with Crippen molar-refractivity contribution in [1.29, 1.82) is 0 Å². The van der Waals surface area contributed by atoms with Gasteiger partial charge in [-0.25, -0.2) is 0 Å². The summed E-state index contributed by atoms with van der Waals surface area (Å²) in [6, 6.07) is 80.4. The van der Waals surface area contributed by atoms with Crippen molar-refractivity contribution in [3.63, 3.8) is 0 Å². The zero-order valence-corrected chi connectivity index (χ0v) is 57.7. The van der Waals surface area contributed by atoms with Gasteiger partial charge < -0.3 is 0 Å². The summed E-state index contributed by atoms with van der Waals surface area (Å²) in [5.41, 5.74) is 11.0. The second-order valence-corrected chi connectivity index (χ2v) is 37.0. The van der Waals surface area contributed by atoms with Gasteiger partial charge in [-0.15, -0.1) is 0 Å². The van der Waals surface area contributed by atoms with Crippen molar-refractivity contribution in [2.45, 2.75) is 203 Å². The predicted molar refractivity (Wildman–Crippen MR) is 367 cm³/mol. The van der Waals surface area contributed by atoms with Gasteiger partial charge in [-0.3, -0.25) is 0 Å². The number of aryl methyl sites for hydroxylation is 9. The molecule has 4 nitrogen and oxygen atoms in total. The molecule has 9 aromatic rings. The van der Waals surface area contributed by atoms with Crippen molar-refractivity contribution in [2.75, 3.05) is 0 Å². The first-order valence-electron chi connectivity index (χ1n) is 32.0. The molecule has 0 fully saturated rings. The van der Waals surface area contributed by atoms with Crippen molar-refractivity contribution < 1.29 is 10.4 Å². The van der Waals surface area contributed by atoms with Crippen LogP contribution in [0, 0.1) is 0 Å². The Labute approximate surface area is 528 Å². The molecular weight excluding hydrogens is 1220 g/mol. The monoisotopic (exact) mass is 1310 g/mol. The number of rotatable bonds is 30. The van der Waals surface area contributed by atoms with Gasteiger partial charge in [0, 0.05) is 0 Å². The molecule has 0 radical (unpaired) electrons. The fourth-order valence-corrected chi connectivity index (χ4v) is 35.8. The first-order chi connectivity index (χ1) is 42.0. The quantitative estimate of drug-likeness (QED) is 0.0421. The SMILES string of the molecule is CCCCc1ccc(S([O][Sb](=[O])([O]S(c2ccc(CC)cc2)(c2ccc(CC)cc2)c2ccc(CCCC)cc2)[O]S(c2ccc(CC)cc2)(c2ccc(CC)cc2)c2ccc(CCCC)cc2)(c2ccc(CC)cc2)c2ccc(CC)cc2)cc1. The van der Waals surface area contributed by atoms with E-state index in [1.54, 1.807) is 0 Å². The Morgan fingerprint density at radius 1 is 0.233 bits per heavy atom. The summed E-state index contributed by atoms with van der Waals surface area (Å²) < 4.78 is 44.9. The molecule has 9 rings (SSSR count). The molecule has 0 aliphatic heterocycles. The third-order valence-corrected chi connectivity index (χ3v) is 36.9. The summed E-state index contributed by atoms with van der Waals surface area (Å²) >= 11 is -6.80. The van der Waals surface area contributed by atoms with E-state index in [-0.39, 0.29) is 0 Å². The molecule has 0 N–H and O–H groups in total. The van der Waals surface area contributed by atoms with E-state index in [1.165, 1.54) is 50.1 Å². The molecule has 0 saturated heterocycles. The van der Waals surface area contributed by atoms with E-state index in [0.717, 1.165) is 140 Å². The molecular formula is C78H93O4S3Sb. The fourth-order valence-electron chi connectivity index (χ4n) is 11.2. The van der Waals surface area contributed by atoms with Crippen molar-refractivity contribution in [3.8, 4) is 0 Å². The summed E-state index contributed by atoms with van der Waals surface area (Å²) in [6.07, 6.45) is 14.6. The summed E-state index contributed by atoms with van der Waals surface area (Å²) in [6.45, 7) is 19.9. The van der Waals surface area contributed by atoms with Gasteiger partial charge in [0.1, 0.15) is 0 Å². The van der Waals surface area contributed by atoms with Crippen LogP contribution in [0.3, 0.4) is 0 Å². The van der Waals surface area contributed by atoms with Crippen LogP contribution in [0.2, 0.25) is 0 Å². The minimum atomic E-state index is -6.80. The standard InChI is InChI=1S/3C26H32OS.O.Sb/c3*1-4-7-8-23-13-19-26(20-14-23)28(27,24-15-9-21(5-2)10-16-24)25-17-11-22(6-3)12-18-25;;/h3*9-20,27H,4-8H2,1-3H3;;/q;;;;+3/p-3. The van der Waals surface area contributed by atoms with Gasteiger partial charge in [-0.2, -0.15) is 0 Å². The van der Waals surface area contributed by atoms with Crippen LogP contribution in [-0.2, 0) is 68.2 Å². The van der Waals surface area contributed by atoms with Crippen molar-refractivity contribution >= 4 is 51.0 Å². The molecule has 452 valence electrons. The number of hydrogen-bond donors (Lipinski definition) is 0. The third kappa shape index (κ3) is 14.5. The van der Waals surface area contributed by atoms with E-state index < -0.39 is 51.0 Å². The van der Waals surface area contributed by atoms with Gasteiger partial charge >= 0.3 is 533 Å². The maximum atomic E-state index is 19.3. The van der Waals surface area contributed by atoms with Crippen LogP contribution >= 0.6 is 30.9 Å². The van der Waals surface area contributed by atoms with E-state index in [0.29, 0.717) is 0 Å². The Balaban J connectivity index is 1.47. The summed E-state index contributed by atoms with van der Waals surface area (Å²) in [7, 11) is -9.12. The zero-order chi connectivity index (χ0) is 60.6. The Kier molecular flexibility index (Phi) is 23.1. The Hall–Kier alpha value is -5.47. The van der Waals surface area contributed by atoms with Crippen LogP contribution in [0.5, 0.6) is 0 Å². The minimum absolute atomic E-state index is 0.866. The zero-order valence-electron chi connectivity index (χ0n) is 52.7. The van der Waals surface area contributed by atoms with Crippen LogP contribution in [0.1, 0.15) is 151 Å². The summed E-state index contributed by atoms with van der Waals surface area (Å²) in [5.74, 6) is 0. The molecule has 0 unspecified atom stereocenters. The van der Waals surface area contributed by atoms with E-state index >= 15 is 3.02 Å². The fraction of sp³-hybridized carbons (Fsp3) is 0.308. The first-order valence-corrected chi connectivity index (χ1v) is 40.8. The average Bonchev–Trinajstić information content (AvgIpc) is 0.797. The van der Waals surface area contributed by atoms with Gasteiger partial charge in [0.2, 0.25) is 0 Å². The number of unbranched alkanes of at least 4 members (excludes halogenated alkanes) is 3. The van der Waals surface area contributed by atoms with Crippen LogP contribution in [0.25, 0.3) is 0 Å². The molecule has 0 aromatic heterocycles. The van der Waals surface area contributed by atoms with Crippen LogP contribution in [0.15, 0.2) is 262 Å². The molecule has 0 heterocycles. The topological polar surface area (TPSA) is 44.8 Å². The Morgan fingerprint density at radius 2 is 0.372 bits per heavy atom. The molecule has 0 saturated carbocycles. The second-order valence-electron chi connectivity index (χ2n) is 22.6. The molecule has 0 aliphatic carbocycles.